The van der Waals surface area contributed by atoms with Crippen molar-refractivity contribution in [2.75, 3.05) is 6.23 Å². The summed E-state index contributed by atoms with van der Waals surface area (Å²) in [4.78, 5) is 8.93. The maximum Gasteiger partial charge on any atom is 0.170 e. The summed E-state index contributed by atoms with van der Waals surface area (Å²) in [7, 11) is -0.0576. The molecule has 0 aliphatic carbocycles. The van der Waals surface area contributed by atoms with Crippen LogP contribution in [0.5, 0.6) is 0 Å². The summed E-state index contributed by atoms with van der Waals surface area (Å²) in [5.74, 6) is 0.810. The van der Waals surface area contributed by atoms with Crippen molar-refractivity contribution in [2.45, 2.75) is 36.6 Å². The minimum Gasteiger partial charge on any atom is -0.379 e. The minimum absolute atomic E-state index is 0.0576. The monoisotopic (exact) mass is 306 g/mol. The Hall–Kier alpha value is -1.04. The molecule has 1 heterocycles. The van der Waals surface area contributed by atoms with E-state index in [1.165, 1.54) is 10.9 Å². The second-order valence-electron chi connectivity index (χ2n) is 5.20. The van der Waals surface area contributed by atoms with Crippen molar-refractivity contribution < 1.29 is 4.74 Å². The van der Waals surface area contributed by atoms with Crippen molar-refractivity contribution in [2.24, 2.45) is 5.92 Å². The number of hydrogen-bond donors (Lipinski definition) is 1. The molecule has 3 nitrogen and oxygen atoms in total. The summed E-state index contributed by atoms with van der Waals surface area (Å²) >= 11 is 1.64. The first-order valence-electron chi connectivity index (χ1n) is 7.09. The van der Waals surface area contributed by atoms with Crippen molar-refractivity contribution in [3.8, 4) is 0 Å². The van der Waals surface area contributed by atoms with Crippen LogP contribution < -0.4 is 0 Å². The second-order valence-corrected chi connectivity index (χ2v) is 7.96. The molecule has 0 saturated carbocycles. The van der Waals surface area contributed by atoms with E-state index in [1.807, 2.05) is 24.4 Å². The first-order valence-corrected chi connectivity index (χ1v) is 9.90. The average molecular weight is 307 g/mol. The fourth-order valence-electron chi connectivity index (χ4n) is 1.84. The topological polar surface area (TPSA) is 37.9 Å². The van der Waals surface area contributed by atoms with Gasteiger partial charge in [0.15, 0.2) is 5.16 Å². The van der Waals surface area contributed by atoms with E-state index < -0.39 is 0 Å². The van der Waals surface area contributed by atoms with Gasteiger partial charge in [0.25, 0.3) is 0 Å². The van der Waals surface area contributed by atoms with Crippen LogP contribution in [0.25, 0.3) is 0 Å². The fourth-order valence-corrected chi connectivity index (χ4v) is 3.97. The quantitative estimate of drug-likeness (QED) is 0.601. The van der Waals surface area contributed by atoms with Gasteiger partial charge in [-0.3, -0.25) is 0 Å². The molecular weight excluding hydrogens is 284 g/mol. The molecule has 108 valence electrons. The highest BCUT2D eigenvalue weighted by Crippen LogP contribution is 2.24. The number of nitrogens with zero attached hydrogens (tertiary/aromatic N) is 1. The molecule has 0 fully saturated rings. The Morgan fingerprint density at radius 2 is 2.10 bits per heavy atom. The van der Waals surface area contributed by atoms with Gasteiger partial charge in [-0.2, -0.15) is 0 Å². The van der Waals surface area contributed by atoms with Gasteiger partial charge in [-0.25, -0.2) is 4.98 Å². The molecule has 0 atom stereocenters. The molecule has 0 amide bonds. The smallest absolute Gasteiger partial charge is 0.170 e. The van der Waals surface area contributed by atoms with Gasteiger partial charge in [0.05, 0.1) is 21.8 Å². The maximum atomic E-state index is 5.70. The Balaban J connectivity index is 1.72. The third kappa shape index (κ3) is 5.52. The SMILES string of the molecule is CC(C)C[SiH2]COCc1c[nH]c(Sc2ccccc2)n1. The van der Waals surface area contributed by atoms with E-state index >= 15 is 0 Å². The van der Waals surface area contributed by atoms with Gasteiger partial charge in [0.1, 0.15) is 0 Å². The highest BCUT2D eigenvalue weighted by atomic mass is 32.2. The van der Waals surface area contributed by atoms with Crippen LogP contribution >= 0.6 is 11.8 Å². The number of benzene rings is 1. The number of H-pyrrole nitrogens is 1. The Morgan fingerprint density at radius 3 is 2.85 bits per heavy atom. The highest BCUT2D eigenvalue weighted by Gasteiger charge is 2.03. The van der Waals surface area contributed by atoms with Crippen LogP contribution in [0.3, 0.4) is 0 Å². The molecule has 0 bridgehead atoms. The molecule has 0 aliphatic heterocycles. The van der Waals surface area contributed by atoms with Gasteiger partial charge >= 0.3 is 0 Å². The van der Waals surface area contributed by atoms with Gasteiger partial charge < -0.3 is 9.72 Å². The van der Waals surface area contributed by atoms with Crippen molar-refractivity contribution in [3.63, 3.8) is 0 Å². The average Bonchev–Trinajstić information content (AvgIpc) is 2.87. The Kier molecular flexibility index (Phi) is 6.36. The zero-order chi connectivity index (χ0) is 14.2. The second kappa shape index (κ2) is 8.29. The van der Waals surface area contributed by atoms with Crippen molar-refractivity contribution >= 4 is 21.3 Å². The normalized spacial score (nSPS) is 11.8. The van der Waals surface area contributed by atoms with E-state index in [9.17, 15) is 0 Å². The molecule has 0 unspecified atom stereocenters. The maximum absolute atomic E-state index is 5.70. The van der Waals surface area contributed by atoms with E-state index in [0.29, 0.717) is 6.61 Å². The lowest BCUT2D eigenvalue weighted by molar-refractivity contribution is 0.160. The summed E-state index contributed by atoms with van der Waals surface area (Å²) in [5.41, 5.74) is 0.988. The van der Waals surface area contributed by atoms with Crippen LogP contribution in [0.2, 0.25) is 6.04 Å². The number of hydrogen-bond acceptors (Lipinski definition) is 3. The summed E-state index contributed by atoms with van der Waals surface area (Å²) in [6, 6.07) is 11.6. The van der Waals surface area contributed by atoms with Gasteiger partial charge in [0.2, 0.25) is 0 Å². The zero-order valence-electron chi connectivity index (χ0n) is 12.1. The number of aromatic nitrogens is 2. The molecule has 5 heteroatoms. The molecule has 1 N–H and O–H groups in total. The van der Waals surface area contributed by atoms with Gasteiger partial charge in [-0.15, -0.1) is 0 Å². The van der Waals surface area contributed by atoms with E-state index in [1.54, 1.807) is 11.8 Å². The van der Waals surface area contributed by atoms with Crippen LogP contribution in [-0.4, -0.2) is 25.7 Å². The number of rotatable bonds is 8. The molecule has 1 aromatic carbocycles. The molecule has 0 saturated heterocycles. The number of aromatic amines is 1. The Bertz CT molecular complexity index is 502. The molecular formula is C15H22N2OSSi. The summed E-state index contributed by atoms with van der Waals surface area (Å²) < 4.78 is 5.70. The van der Waals surface area contributed by atoms with E-state index in [2.05, 4.69) is 35.9 Å². The largest absolute Gasteiger partial charge is 0.379 e. The minimum atomic E-state index is -0.0576. The lowest BCUT2D eigenvalue weighted by Gasteiger charge is -2.03. The van der Waals surface area contributed by atoms with Crippen molar-refractivity contribution in [1.29, 1.82) is 0 Å². The molecule has 20 heavy (non-hydrogen) atoms. The van der Waals surface area contributed by atoms with Gasteiger partial charge in [0, 0.05) is 17.3 Å². The Labute approximate surface area is 127 Å². The van der Waals surface area contributed by atoms with E-state index in [4.69, 9.17) is 4.74 Å². The zero-order valence-corrected chi connectivity index (χ0v) is 14.4. The standard InChI is InChI=1S/C15H22N2OSSi/c1-12(2)10-20-11-18-9-13-8-16-15(17-13)19-14-6-4-3-5-7-14/h3-8,12H,9-11,20H2,1-2H3,(H,16,17). The van der Waals surface area contributed by atoms with Crippen LogP contribution in [0.4, 0.5) is 0 Å². The van der Waals surface area contributed by atoms with Crippen LogP contribution in [0, 0.1) is 5.92 Å². The lowest BCUT2D eigenvalue weighted by Crippen LogP contribution is -2.06. The first-order chi connectivity index (χ1) is 9.74. The molecule has 0 aliphatic rings. The van der Waals surface area contributed by atoms with E-state index in [0.717, 1.165) is 23.0 Å². The number of ether oxygens (including phenoxy) is 1. The fraction of sp³-hybridized carbons (Fsp3) is 0.400. The third-order valence-corrected chi connectivity index (χ3v) is 5.94. The third-order valence-electron chi connectivity index (χ3n) is 2.89. The number of nitrogens with one attached hydrogen (secondary N) is 1. The predicted molar refractivity (Wildman–Crippen MR) is 87.0 cm³/mol. The highest BCUT2D eigenvalue weighted by molar-refractivity contribution is 7.99. The van der Waals surface area contributed by atoms with Gasteiger partial charge in [-0.1, -0.05) is 49.9 Å². The van der Waals surface area contributed by atoms with Crippen LogP contribution in [-0.2, 0) is 11.3 Å². The molecule has 2 aromatic rings. The summed E-state index contributed by atoms with van der Waals surface area (Å²) in [6.07, 6.45) is 2.89. The van der Waals surface area contributed by atoms with E-state index in [-0.39, 0.29) is 9.52 Å². The molecule has 0 spiro atoms. The first kappa shape index (κ1) is 15.3. The van der Waals surface area contributed by atoms with Crippen molar-refractivity contribution in [1.82, 2.24) is 9.97 Å². The predicted octanol–water partition coefficient (Wildman–Crippen LogP) is 3.28. The van der Waals surface area contributed by atoms with Gasteiger partial charge in [-0.05, 0) is 18.1 Å². The summed E-state index contributed by atoms with van der Waals surface area (Å²) in [5, 5.41) is 0.925. The number of imidazole rings is 1. The molecule has 0 radical (unpaired) electrons. The van der Waals surface area contributed by atoms with Crippen LogP contribution in [0.15, 0.2) is 46.6 Å². The lowest BCUT2D eigenvalue weighted by atomic mass is 10.3. The molecule has 2 rings (SSSR count). The van der Waals surface area contributed by atoms with Crippen molar-refractivity contribution in [3.05, 3.63) is 42.2 Å². The summed E-state index contributed by atoms with van der Waals surface area (Å²) in [6.45, 7) is 5.17. The Morgan fingerprint density at radius 1 is 1.30 bits per heavy atom. The molecule has 1 aromatic heterocycles. The van der Waals surface area contributed by atoms with Crippen LogP contribution in [0.1, 0.15) is 19.5 Å².